The summed E-state index contributed by atoms with van der Waals surface area (Å²) in [5.74, 6) is 1.86. The first-order valence-corrected chi connectivity index (χ1v) is 19.1. The highest BCUT2D eigenvalue weighted by Gasteiger charge is 2.36. The fourth-order valence-electron chi connectivity index (χ4n) is 7.70. The van der Waals surface area contributed by atoms with E-state index in [0.29, 0.717) is 11.6 Å². The third-order valence-corrected chi connectivity index (χ3v) is 10.4. The zero-order valence-electron chi connectivity index (χ0n) is 31.0. The van der Waals surface area contributed by atoms with Gasteiger partial charge in [-0.15, -0.1) is 0 Å². The van der Waals surface area contributed by atoms with Crippen molar-refractivity contribution in [2.75, 3.05) is 26.2 Å². The second-order valence-corrected chi connectivity index (χ2v) is 14.4. The average molecular weight is 743 g/mol. The van der Waals surface area contributed by atoms with E-state index in [9.17, 15) is 0 Å². The molecule has 2 aliphatic rings. The molecular formula is C50H50N2O4. The van der Waals surface area contributed by atoms with E-state index in [4.69, 9.17) is 18.7 Å². The lowest BCUT2D eigenvalue weighted by Crippen LogP contribution is -2.55. The van der Waals surface area contributed by atoms with Crippen LogP contribution in [-0.4, -0.2) is 47.2 Å². The summed E-state index contributed by atoms with van der Waals surface area (Å²) in [5.41, 5.74) is 6.82. The van der Waals surface area contributed by atoms with Crippen molar-refractivity contribution in [2.24, 2.45) is 5.92 Å². The van der Waals surface area contributed by atoms with Gasteiger partial charge in [-0.3, -0.25) is 9.80 Å². The molecule has 6 nitrogen and oxygen atoms in total. The molecule has 0 radical (unpaired) electrons. The first-order chi connectivity index (χ1) is 27.1. The summed E-state index contributed by atoms with van der Waals surface area (Å²) in [6.45, 7) is 6.52. The van der Waals surface area contributed by atoms with E-state index in [1.807, 2.05) is 36.4 Å². The second-order valence-electron chi connectivity index (χ2n) is 14.4. The van der Waals surface area contributed by atoms with Gasteiger partial charge >= 0.3 is 0 Å². The molecule has 56 heavy (non-hydrogen) atoms. The number of para-hydroxylation sites is 2. The number of nitrogens with zero attached hydrogens (tertiary/aromatic N) is 2. The van der Waals surface area contributed by atoms with E-state index >= 15 is 0 Å². The van der Waals surface area contributed by atoms with Crippen molar-refractivity contribution in [1.29, 1.82) is 0 Å². The van der Waals surface area contributed by atoms with Crippen LogP contribution in [0.15, 0.2) is 191 Å². The van der Waals surface area contributed by atoms with Gasteiger partial charge in [-0.1, -0.05) is 160 Å². The van der Waals surface area contributed by atoms with E-state index in [1.165, 1.54) is 35.3 Å². The number of fused-ring (bicyclic) bond motifs is 2. The Hall–Kier alpha value is -6.08. The van der Waals surface area contributed by atoms with E-state index in [1.54, 1.807) is 24.7 Å². The fraction of sp³-hybridized carbons (Fsp3) is 0.200. The van der Waals surface area contributed by atoms with Gasteiger partial charge in [-0.25, -0.2) is 0 Å². The smallest absolute Gasteiger partial charge is 0.175 e. The van der Waals surface area contributed by atoms with Crippen molar-refractivity contribution in [3.63, 3.8) is 0 Å². The molecule has 2 fully saturated rings. The number of furan rings is 2. The van der Waals surface area contributed by atoms with Crippen molar-refractivity contribution >= 4 is 21.9 Å². The zero-order chi connectivity index (χ0) is 37.4. The molecule has 2 aliphatic heterocycles. The topological polar surface area (TPSA) is 62.2 Å². The Labute approximate surface area is 330 Å². The molecule has 4 heterocycles. The minimum absolute atomic E-state index is 0. The Bertz CT molecular complexity index is 2290. The fourth-order valence-corrected chi connectivity index (χ4v) is 7.70. The number of phenolic OH excluding ortho intramolecular Hbond substituents is 1. The number of ether oxygens (including phenoxy) is 1. The Morgan fingerprint density at radius 1 is 0.500 bits per heavy atom. The summed E-state index contributed by atoms with van der Waals surface area (Å²) in [6.07, 6.45) is 3.45. The summed E-state index contributed by atoms with van der Waals surface area (Å²) in [5, 5.41) is 11.2. The summed E-state index contributed by atoms with van der Waals surface area (Å²) in [4.78, 5) is 5.03. The van der Waals surface area contributed by atoms with Crippen molar-refractivity contribution in [1.82, 2.24) is 9.80 Å². The predicted molar refractivity (Wildman–Crippen MR) is 227 cm³/mol. The SMILES string of the molecule is C.CC1CN(C(c2ccccc2)c2ccccc2)C1.Oc1cccc2ccoc12.c1ccc(C(c2ccccc2)N2CC(Oc3cccc4ccoc34)C2)cc1. The van der Waals surface area contributed by atoms with Crippen LogP contribution in [0.25, 0.3) is 21.9 Å². The number of likely N-dealkylation sites (tertiary alicyclic amines) is 2. The van der Waals surface area contributed by atoms with E-state index < -0.39 is 0 Å². The molecule has 0 saturated carbocycles. The number of benzene rings is 6. The summed E-state index contributed by atoms with van der Waals surface area (Å²) in [7, 11) is 0. The molecule has 0 unspecified atom stereocenters. The Morgan fingerprint density at radius 3 is 1.36 bits per heavy atom. The molecule has 0 bridgehead atoms. The number of hydrogen-bond acceptors (Lipinski definition) is 6. The number of phenols is 1. The van der Waals surface area contributed by atoms with Crippen LogP contribution < -0.4 is 4.74 Å². The zero-order valence-corrected chi connectivity index (χ0v) is 31.0. The summed E-state index contributed by atoms with van der Waals surface area (Å²) >= 11 is 0. The quantitative estimate of drug-likeness (QED) is 0.167. The molecular weight excluding hydrogens is 693 g/mol. The Morgan fingerprint density at radius 2 is 0.911 bits per heavy atom. The third-order valence-electron chi connectivity index (χ3n) is 10.4. The maximum absolute atomic E-state index is 9.17. The average Bonchev–Trinajstić information content (AvgIpc) is 3.91. The lowest BCUT2D eigenvalue weighted by atomic mass is 9.91. The molecule has 284 valence electrons. The molecule has 10 rings (SSSR count). The van der Waals surface area contributed by atoms with Crippen LogP contribution >= 0.6 is 0 Å². The standard InChI is InChI=1S/C24H21NO2.C17H19N.C8H6O2.CH4/c1-3-8-18(9-4-1)23(19-10-5-2-6-11-19)25-16-21(17-25)27-22-13-7-12-20-14-15-26-24(20)22;1-14-12-18(13-14)17(15-8-4-2-5-9-15)16-10-6-3-7-11-16;9-7-3-1-2-6-4-5-10-8(6)7;/h1-15,21,23H,16-17H2;2-11,14,17H,12-13H2,1H3;1-5,9H;1H4. The molecule has 0 aliphatic carbocycles. The molecule has 0 atom stereocenters. The van der Waals surface area contributed by atoms with Crippen molar-refractivity contribution < 1.29 is 18.7 Å². The van der Waals surface area contributed by atoms with Crippen LogP contribution in [0.1, 0.15) is 48.7 Å². The molecule has 0 amide bonds. The van der Waals surface area contributed by atoms with Crippen molar-refractivity contribution in [2.45, 2.75) is 32.5 Å². The molecule has 2 saturated heterocycles. The van der Waals surface area contributed by atoms with E-state index in [-0.39, 0.29) is 25.3 Å². The first-order valence-electron chi connectivity index (χ1n) is 19.1. The Kier molecular flexibility index (Phi) is 12.3. The molecule has 6 aromatic carbocycles. The lowest BCUT2D eigenvalue weighted by molar-refractivity contribution is 0.000628. The van der Waals surface area contributed by atoms with Gasteiger partial charge in [0.05, 0.1) is 24.6 Å². The van der Waals surface area contributed by atoms with E-state index in [2.05, 4.69) is 138 Å². The highest BCUT2D eigenvalue weighted by Crippen LogP contribution is 2.36. The maximum atomic E-state index is 9.17. The van der Waals surface area contributed by atoms with Gasteiger partial charge in [0.2, 0.25) is 0 Å². The van der Waals surface area contributed by atoms with Crippen molar-refractivity contribution in [3.8, 4) is 11.5 Å². The minimum Gasteiger partial charge on any atom is -0.504 e. The van der Waals surface area contributed by atoms with Crippen LogP contribution in [0, 0.1) is 5.92 Å². The van der Waals surface area contributed by atoms with E-state index in [0.717, 1.165) is 41.1 Å². The van der Waals surface area contributed by atoms with Crippen LogP contribution in [0.3, 0.4) is 0 Å². The van der Waals surface area contributed by atoms with Gasteiger partial charge in [0, 0.05) is 37.0 Å². The maximum Gasteiger partial charge on any atom is 0.175 e. The second kappa shape index (κ2) is 18.0. The minimum atomic E-state index is 0. The van der Waals surface area contributed by atoms with Crippen LogP contribution in [0.5, 0.6) is 11.5 Å². The third kappa shape index (κ3) is 8.73. The first kappa shape index (κ1) is 38.2. The van der Waals surface area contributed by atoms with Gasteiger partial charge in [-0.05, 0) is 52.4 Å². The monoisotopic (exact) mass is 742 g/mol. The summed E-state index contributed by atoms with van der Waals surface area (Å²) in [6, 6.07) is 58.8. The summed E-state index contributed by atoms with van der Waals surface area (Å²) < 4.78 is 16.8. The van der Waals surface area contributed by atoms with Gasteiger partial charge < -0.3 is 18.7 Å². The van der Waals surface area contributed by atoms with Gasteiger partial charge in [0.1, 0.15) is 6.10 Å². The predicted octanol–water partition coefficient (Wildman–Crippen LogP) is 11.8. The number of hydrogen-bond donors (Lipinski definition) is 1. The van der Waals surface area contributed by atoms with Gasteiger partial charge in [-0.2, -0.15) is 0 Å². The largest absolute Gasteiger partial charge is 0.504 e. The Balaban J connectivity index is 0.000000142. The molecule has 0 spiro atoms. The molecule has 1 N–H and O–H groups in total. The molecule has 6 heteroatoms. The van der Waals surface area contributed by atoms with Crippen LogP contribution in [0.4, 0.5) is 0 Å². The van der Waals surface area contributed by atoms with Gasteiger partial charge in [0.15, 0.2) is 22.7 Å². The normalized spacial score (nSPS) is 14.6. The van der Waals surface area contributed by atoms with Crippen molar-refractivity contribution in [3.05, 3.63) is 205 Å². The highest BCUT2D eigenvalue weighted by molar-refractivity contribution is 5.83. The molecule has 2 aromatic heterocycles. The van der Waals surface area contributed by atoms with Crippen LogP contribution in [-0.2, 0) is 0 Å². The molecule has 8 aromatic rings. The number of aromatic hydroxyl groups is 1. The highest BCUT2D eigenvalue weighted by atomic mass is 16.5. The van der Waals surface area contributed by atoms with Crippen LogP contribution in [0.2, 0.25) is 0 Å². The van der Waals surface area contributed by atoms with Gasteiger partial charge in [0.25, 0.3) is 0 Å². The number of rotatable bonds is 8. The lowest BCUT2D eigenvalue weighted by Gasteiger charge is -2.44.